The smallest absolute Gasteiger partial charge is 0.253 e. The first-order chi connectivity index (χ1) is 9.75. The van der Waals surface area contributed by atoms with Crippen LogP contribution in [0.1, 0.15) is 15.2 Å². The largest absolute Gasteiger partial charge is 0.347 e. The highest BCUT2D eigenvalue weighted by Crippen LogP contribution is 2.24. The summed E-state index contributed by atoms with van der Waals surface area (Å²) in [7, 11) is 0. The SMILES string of the molecule is O=C(NCc1cccs1)c1cnc(Cl)c2ccccc12. The van der Waals surface area contributed by atoms with Crippen LogP contribution in [-0.2, 0) is 6.54 Å². The molecule has 1 aromatic carbocycles. The van der Waals surface area contributed by atoms with E-state index in [-0.39, 0.29) is 5.91 Å². The third-order valence-corrected chi connectivity index (χ3v) is 4.17. The van der Waals surface area contributed by atoms with Crippen LogP contribution in [0.15, 0.2) is 48.0 Å². The molecule has 0 aliphatic rings. The fraction of sp³-hybridized carbons (Fsp3) is 0.0667. The van der Waals surface area contributed by atoms with Gasteiger partial charge in [0.05, 0.1) is 12.1 Å². The Bertz CT molecular complexity index is 756. The zero-order valence-corrected chi connectivity index (χ0v) is 12.0. The summed E-state index contributed by atoms with van der Waals surface area (Å²) in [6.07, 6.45) is 1.52. The van der Waals surface area contributed by atoms with E-state index in [2.05, 4.69) is 10.3 Å². The predicted molar refractivity (Wildman–Crippen MR) is 82.2 cm³/mol. The molecule has 5 heteroatoms. The summed E-state index contributed by atoms with van der Waals surface area (Å²) in [5, 5.41) is 6.91. The van der Waals surface area contributed by atoms with Crippen LogP contribution in [0, 0.1) is 0 Å². The second-order valence-corrected chi connectivity index (χ2v) is 5.66. The summed E-state index contributed by atoms with van der Waals surface area (Å²) < 4.78 is 0. The van der Waals surface area contributed by atoms with Crippen LogP contribution in [0.2, 0.25) is 5.15 Å². The maximum atomic E-state index is 12.3. The number of nitrogens with zero attached hydrogens (tertiary/aromatic N) is 1. The van der Waals surface area contributed by atoms with Crippen molar-refractivity contribution in [1.29, 1.82) is 0 Å². The third-order valence-electron chi connectivity index (χ3n) is 2.99. The molecule has 0 unspecified atom stereocenters. The second-order valence-electron chi connectivity index (χ2n) is 4.27. The number of carbonyl (C=O) groups is 1. The van der Waals surface area contributed by atoms with Gasteiger partial charge in [0, 0.05) is 16.5 Å². The Kier molecular flexibility index (Phi) is 3.67. The fourth-order valence-corrected chi connectivity index (χ4v) is 2.87. The summed E-state index contributed by atoms with van der Waals surface area (Å²) in [5.74, 6) is -0.140. The van der Waals surface area contributed by atoms with E-state index >= 15 is 0 Å². The molecule has 0 radical (unpaired) electrons. The van der Waals surface area contributed by atoms with Gasteiger partial charge in [-0.15, -0.1) is 11.3 Å². The van der Waals surface area contributed by atoms with Gasteiger partial charge in [0.1, 0.15) is 5.15 Å². The third kappa shape index (κ3) is 2.53. The molecule has 1 amide bonds. The summed E-state index contributed by atoms with van der Waals surface area (Å²) in [6.45, 7) is 0.521. The first-order valence-corrected chi connectivity index (χ1v) is 7.35. The molecule has 0 aliphatic carbocycles. The first-order valence-electron chi connectivity index (χ1n) is 6.09. The van der Waals surface area contributed by atoms with Gasteiger partial charge in [-0.1, -0.05) is 41.9 Å². The number of benzene rings is 1. The van der Waals surface area contributed by atoms with Gasteiger partial charge in [-0.3, -0.25) is 4.79 Å². The van der Waals surface area contributed by atoms with Gasteiger partial charge in [-0.05, 0) is 16.8 Å². The standard InChI is InChI=1S/C15H11ClN2OS/c16-14-12-6-2-1-5-11(12)13(9-17-14)15(19)18-8-10-4-3-7-20-10/h1-7,9H,8H2,(H,18,19). The molecule has 2 heterocycles. The first kappa shape index (κ1) is 13.1. The van der Waals surface area contributed by atoms with Crippen LogP contribution in [0.5, 0.6) is 0 Å². The molecule has 0 atom stereocenters. The number of rotatable bonds is 3. The molecular weight excluding hydrogens is 292 g/mol. The van der Waals surface area contributed by atoms with E-state index in [4.69, 9.17) is 11.6 Å². The average molecular weight is 303 g/mol. The molecule has 0 fully saturated rings. The number of hydrogen-bond donors (Lipinski definition) is 1. The Balaban J connectivity index is 1.90. The zero-order valence-electron chi connectivity index (χ0n) is 10.5. The fourth-order valence-electron chi connectivity index (χ4n) is 2.01. The normalized spacial score (nSPS) is 10.7. The Labute approximate surface area is 125 Å². The Morgan fingerprint density at radius 3 is 2.75 bits per heavy atom. The van der Waals surface area contributed by atoms with E-state index in [1.807, 2.05) is 41.8 Å². The number of fused-ring (bicyclic) bond motifs is 1. The molecule has 0 spiro atoms. The van der Waals surface area contributed by atoms with Gasteiger partial charge in [0.2, 0.25) is 0 Å². The van der Waals surface area contributed by atoms with Crippen LogP contribution in [-0.4, -0.2) is 10.9 Å². The van der Waals surface area contributed by atoms with Crippen molar-refractivity contribution < 1.29 is 4.79 Å². The molecule has 3 nitrogen and oxygen atoms in total. The maximum absolute atomic E-state index is 12.3. The highest BCUT2D eigenvalue weighted by atomic mass is 35.5. The van der Waals surface area contributed by atoms with E-state index in [9.17, 15) is 4.79 Å². The molecule has 20 heavy (non-hydrogen) atoms. The van der Waals surface area contributed by atoms with Crippen molar-refractivity contribution >= 4 is 39.6 Å². The topological polar surface area (TPSA) is 42.0 Å². The van der Waals surface area contributed by atoms with Gasteiger partial charge in [-0.2, -0.15) is 0 Å². The van der Waals surface area contributed by atoms with Crippen LogP contribution in [0.25, 0.3) is 10.8 Å². The number of aromatic nitrogens is 1. The number of halogens is 1. The van der Waals surface area contributed by atoms with Gasteiger partial charge >= 0.3 is 0 Å². The predicted octanol–water partition coefficient (Wildman–Crippen LogP) is 3.88. The molecule has 1 N–H and O–H groups in total. The van der Waals surface area contributed by atoms with Crippen molar-refractivity contribution in [1.82, 2.24) is 10.3 Å². The van der Waals surface area contributed by atoms with Crippen molar-refractivity contribution in [3.8, 4) is 0 Å². The lowest BCUT2D eigenvalue weighted by Gasteiger charge is -2.07. The monoisotopic (exact) mass is 302 g/mol. The Morgan fingerprint density at radius 1 is 1.20 bits per heavy atom. The molecule has 0 saturated heterocycles. The minimum Gasteiger partial charge on any atom is -0.347 e. The van der Waals surface area contributed by atoms with Gasteiger partial charge in [-0.25, -0.2) is 4.98 Å². The number of nitrogens with one attached hydrogen (secondary N) is 1. The molecule has 0 aliphatic heterocycles. The Hall–Kier alpha value is -1.91. The molecule has 100 valence electrons. The summed E-state index contributed by atoms with van der Waals surface area (Å²) in [4.78, 5) is 17.5. The van der Waals surface area contributed by atoms with E-state index < -0.39 is 0 Å². The lowest BCUT2D eigenvalue weighted by atomic mass is 10.1. The number of carbonyl (C=O) groups excluding carboxylic acids is 1. The van der Waals surface area contributed by atoms with E-state index in [0.29, 0.717) is 17.3 Å². The molecule has 0 saturated carbocycles. The van der Waals surface area contributed by atoms with Crippen LogP contribution >= 0.6 is 22.9 Å². The molecule has 3 rings (SSSR count). The minimum atomic E-state index is -0.140. The molecule has 3 aromatic rings. The average Bonchev–Trinajstić information content (AvgIpc) is 2.99. The van der Waals surface area contributed by atoms with Crippen LogP contribution in [0.3, 0.4) is 0 Å². The van der Waals surface area contributed by atoms with Gasteiger partial charge < -0.3 is 5.32 Å². The van der Waals surface area contributed by atoms with Gasteiger partial charge in [0.25, 0.3) is 5.91 Å². The number of pyridine rings is 1. The van der Waals surface area contributed by atoms with E-state index in [1.54, 1.807) is 11.3 Å². The lowest BCUT2D eigenvalue weighted by Crippen LogP contribution is -2.22. The van der Waals surface area contributed by atoms with Crippen molar-refractivity contribution in [2.75, 3.05) is 0 Å². The van der Waals surface area contributed by atoms with Crippen LogP contribution in [0.4, 0.5) is 0 Å². The minimum absolute atomic E-state index is 0.140. The highest BCUT2D eigenvalue weighted by Gasteiger charge is 2.12. The summed E-state index contributed by atoms with van der Waals surface area (Å²) >= 11 is 7.67. The van der Waals surface area contributed by atoms with Gasteiger partial charge in [0.15, 0.2) is 0 Å². The zero-order chi connectivity index (χ0) is 13.9. The quantitative estimate of drug-likeness (QED) is 0.746. The number of thiophene rings is 1. The summed E-state index contributed by atoms with van der Waals surface area (Å²) in [5.41, 5.74) is 0.543. The van der Waals surface area contributed by atoms with Crippen molar-refractivity contribution in [3.63, 3.8) is 0 Å². The maximum Gasteiger partial charge on any atom is 0.253 e. The number of amides is 1. The van der Waals surface area contributed by atoms with Crippen molar-refractivity contribution in [2.45, 2.75) is 6.54 Å². The van der Waals surface area contributed by atoms with E-state index in [1.165, 1.54) is 6.20 Å². The molecular formula is C15H11ClN2OS. The summed E-state index contributed by atoms with van der Waals surface area (Å²) in [6, 6.07) is 11.5. The number of hydrogen-bond acceptors (Lipinski definition) is 3. The van der Waals surface area contributed by atoms with Crippen molar-refractivity contribution in [3.05, 3.63) is 63.6 Å². The Morgan fingerprint density at radius 2 is 2.00 bits per heavy atom. The lowest BCUT2D eigenvalue weighted by molar-refractivity contribution is 0.0952. The second kappa shape index (κ2) is 5.61. The van der Waals surface area contributed by atoms with E-state index in [0.717, 1.165) is 15.6 Å². The van der Waals surface area contributed by atoms with Crippen molar-refractivity contribution in [2.24, 2.45) is 0 Å². The molecule has 0 bridgehead atoms. The van der Waals surface area contributed by atoms with Crippen LogP contribution < -0.4 is 5.32 Å². The molecule has 2 aromatic heterocycles. The highest BCUT2D eigenvalue weighted by molar-refractivity contribution is 7.09.